The molecule has 2 aliphatic heterocycles. The zero-order valence-corrected chi connectivity index (χ0v) is 14.1. The van der Waals surface area contributed by atoms with Crippen LogP contribution in [0.25, 0.3) is 0 Å². The lowest BCUT2D eigenvalue weighted by Crippen LogP contribution is -2.58. The van der Waals surface area contributed by atoms with Gasteiger partial charge < -0.3 is 10.6 Å². The van der Waals surface area contributed by atoms with Crippen molar-refractivity contribution in [1.82, 2.24) is 10.6 Å². The predicted molar refractivity (Wildman–Crippen MR) is 86.3 cm³/mol. The molecule has 1 unspecified atom stereocenters. The number of amides is 1. The Morgan fingerprint density at radius 3 is 2.60 bits per heavy atom. The van der Waals surface area contributed by atoms with Crippen LogP contribution in [0.1, 0.15) is 12.8 Å². The highest BCUT2D eigenvalue weighted by molar-refractivity contribution is 8.06. The molecule has 1 amide bonds. The van der Waals surface area contributed by atoms with Crippen molar-refractivity contribution in [2.75, 3.05) is 43.1 Å². The second-order valence-corrected chi connectivity index (χ2v) is 10.2. The first-order chi connectivity index (χ1) is 9.46. The third-order valence-corrected chi connectivity index (χ3v) is 8.77. The summed E-state index contributed by atoms with van der Waals surface area (Å²) >= 11 is 3.76. The number of hydrogen-bond donors (Lipinski definition) is 2. The van der Waals surface area contributed by atoms with Crippen molar-refractivity contribution < 1.29 is 13.2 Å². The third kappa shape index (κ3) is 3.64. The molecule has 0 aromatic rings. The molecule has 1 atom stereocenters. The van der Waals surface area contributed by atoms with Gasteiger partial charge in [0.15, 0.2) is 14.6 Å². The van der Waals surface area contributed by atoms with E-state index in [1.807, 2.05) is 23.5 Å². The van der Waals surface area contributed by atoms with Crippen LogP contribution in [0.15, 0.2) is 0 Å². The van der Waals surface area contributed by atoms with E-state index in [4.69, 9.17) is 0 Å². The van der Waals surface area contributed by atoms with E-state index in [-0.39, 0.29) is 5.91 Å². The maximum absolute atomic E-state index is 12.5. The molecule has 0 aromatic heterocycles. The van der Waals surface area contributed by atoms with Gasteiger partial charge in [-0.2, -0.15) is 23.5 Å². The van der Waals surface area contributed by atoms with E-state index >= 15 is 0 Å². The topological polar surface area (TPSA) is 75.3 Å². The van der Waals surface area contributed by atoms with Crippen LogP contribution in [0.4, 0.5) is 0 Å². The molecule has 2 fully saturated rings. The van der Waals surface area contributed by atoms with E-state index in [1.165, 1.54) is 6.26 Å². The average molecular weight is 339 g/mol. The van der Waals surface area contributed by atoms with Crippen LogP contribution in [0, 0.1) is 0 Å². The summed E-state index contributed by atoms with van der Waals surface area (Å²) < 4.78 is 23.0. The van der Waals surface area contributed by atoms with E-state index in [2.05, 4.69) is 10.6 Å². The maximum atomic E-state index is 12.5. The summed E-state index contributed by atoms with van der Waals surface area (Å²) in [6.07, 6.45) is 1.91. The molecule has 0 aromatic carbocycles. The summed E-state index contributed by atoms with van der Waals surface area (Å²) in [5.41, 5.74) is 0. The molecular formula is C12H22N2O3S3. The summed E-state index contributed by atoms with van der Waals surface area (Å²) in [6.45, 7) is 1.73. The maximum Gasteiger partial charge on any atom is 0.241 e. The van der Waals surface area contributed by atoms with Crippen LogP contribution >= 0.6 is 23.5 Å². The van der Waals surface area contributed by atoms with Gasteiger partial charge >= 0.3 is 0 Å². The van der Waals surface area contributed by atoms with E-state index in [0.717, 1.165) is 17.3 Å². The quantitative estimate of drug-likeness (QED) is 0.758. The van der Waals surface area contributed by atoms with E-state index in [1.54, 1.807) is 0 Å². The average Bonchev–Trinajstić information content (AvgIpc) is 2.45. The van der Waals surface area contributed by atoms with Gasteiger partial charge in [0.1, 0.15) is 0 Å². The lowest BCUT2D eigenvalue weighted by atomic mass is 9.96. The zero-order valence-electron chi connectivity index (χ0n) is 11.7. The molecule has 0 radical (unpaired) electrons. The fourth-order valence-electron chi connectivity index (χ4n) is 2.62. The van der Waals surface area contributed by atoms with Crippen LogP contribution < -0.4 is 10.6 Å². The summed E-state index contributed by atoms with van der Waals surface area (Å²) in [6, 6.07) is 0. The first kappa shape index (κ1) is 16.5. The summed E-state index contributed by atoms with van der Waals surface area (Å²) in [5, 5.41) is 6.41. The molecule has 116 valence electrons. The van der Waals surface area contributed by atoms with Gasteiger partial charge in [0.25, 0.3) is 0 Å². The van der Waals surface area contributed by atoms with Gasteiger partial charge in [-0.25, -0.2) is 8.42 Å². The third-order valence-electron chi connectivity index (χ3n) is 3.91. The van der Waals surface area contributed by atoms with Crippen molar-refractivity contribution in [3.05, 3.63) is 0 Å². The van der Waals surface area contributed by atoms with Crippen LogP contribution in [0.2, 0.25) is 0 Å². The van der Waals surface area contributed by atoms with Gasteiger partial charge in [-0.1, -0.05) is 0 Å². The smallest absolute Gasteiger partial charge is 0.241 e. The Hall–Kier alpha value is 0.0800. The molecule has 2 heterocycles. The molecule has 0 saturated carbocycles. The molecule has 5 nitrogen and oxygen atoms in total. The molecule has 8 heteroatoms. The summed E-state index contributed by atoms with van der Waals surface area (Å²) in [4.78, 5) is 12.5. The van der Waals surface area contributed by atoms with Crippen LogP contribution in [0.5, 0.6) is 0 Å². The number of rotatable bonds is 4. The molecule has 20 heavy (non-hydrogen) atoms. The standard InChI is InChI=1S/C12H22N2O3S3/c1-20(16,17)12(2-4-13-5-3-12)11(15)14-8-10-9-18-6-7-19-10/h10,13H,2-9H2,1H3,(H,14,15). The van der Waals surface area contributed by atoms with Crippen LogP contribution in [-0.4, -0.2) is 67.5 Å². The Kier molecular flexibility index (Phi) is 5.67. The molecule has 0 aliphatic carbocycles. The highest BCUT2D eigenvalue weighted by atomic mass is 32.2. The van der Waals surface area contributed by atoms with E-state index in [0.29, 0.717) is 37.7 Å². The van der Waals surface area contributed by atoms with Crippen LogP contribution in [-0.2, 0) is 14.6 Å². The lowest BCUT2D eigenvalue weighted by Gasteiger charge is -2.35. The molecule has 0 spiro atoms. The van der Waals surface area contributed by atoms with Crippen molar-refractivity contribution in [2.24, 2.45) is 0 Å². The minimum atomic E-state index is -3.40. The second kappa shape index (κ2) is 6.89. The lowest BCUT2D eigenvalue weighted by molar-refractivity contribution is -0.124. The van der Waals surface area contributed by atoms with Crippen molar-refractivity contribution >= 4 is 39.3 Å². The largest absolute Gasteiger partial charge is 0.354 e. The Morgan fingerprint density at radius 1 is 1.35 bits per heavy atom. The second-order valence-electron chi connectivity index (χ2n) is 5.29. The predicted octanol–water partition coefficient (Wildman–Crippen LogP) is 0.118. The molecule has 2 rings (SSSR count). The number of carbonyl (C=O) groups is 1. The number of thioether (sulfide) groups is 2. The van der Waals surface area contributed by atoms with Crippen molar-refractivity contribution in [3.63, 3.8) is 0 Å². The number of piperidine rings is 1. The number of sulfone groups is 1. The minimum absolute atomic E-state index is 0.308. The first-order valence-electron chi connectivity index (χ1n) is 6.84. The molecule has 2 saturated heterocycles. The molecular weight excluding hydrogens is 316 g/mol. The number of carbonyl (C=O) groups excluding carboxylic acids is 1. The highest BCUT2D eigenvalue weighted by Gasteiger charge is 2.48. The Labute approximate surface area is 129 Å². The molecule has 0 bridgehead atoms. The van der Waals surface area contributed by atoms with Crippen molar-refractivity contribution in [3.8, 4) is 0 Å². The van der Waals surface area contributed by atoms with Gasteiger partial charge in [0.05, 0.1) is 0 Å². The highest BCUT2D eigenvalue weighted by Crippen LogP contribution is 2.28. The minimum Gasteiger partial charge on any atom is -0.354 e. The van der Waals surface area contributed by atoms with Crippen molar-refractivity contribution in [2.45, 2.75) is 22.8 Å². The van der Waals surface area contributed by atoms with Gasteiger partial charge in [0, 0.05) is 35.3 Å². The summed E-state index contributed by atoms with van der Waals surface area (Å²) in [7, 11) is -3.40. The zero-order chi connectivity index (χ0) is 14.6. The van der Waals surface area contributed by atoms with Gasteiger partial charge in [-0.3, -0.25) is 4.79 Å². The fourth-order valence-corrected chi connectivity index (χ4v) is 6.59. The van der Waals surface area contributed by atoms with Gasteiger partial charge in [-0.15, -0.1) is 0 Å². The number of hydrogen-bond acceptors (Lipinski definition) is 6. The Bertz CT molecular complexity index is 441. The Morgan fingerprint density at radius 2 is 2.05 bits per heavy atom. The molecule has 2 aliphatic rings. The molecule has 2 N–H and O–H groups in total. The van der Waals surface area contributed by atoms with E-state index < -0.39 is 14.6 Å². The summed E-state index contributed by atoms with van der Waals surface area (Å²) in [5.74, 6) is 2.98. The monoisotopic (exact) mass is 338 g/mol. The SMILES string of the molecule is CS(=O)(=O)C1(C(=O)NCC2CSCCS2)CCNCC1. The van der Waals surface area contributed by atoms with E-state index in [9.17, 15) is 13.2 Å². The van der Waals surface area contributed by atoms with Crippen molar-refractivity contribution in [1.29, 1.82) is 0 Å². The van der Waals surface area contributed by atoms with Gasteiger partial charge in [-0.05, 0) is 25.9 Å². The fraction of sp³-hybridized carbons (Fsp3) is 0.917. The first-order valence-corrected chi connectivity index (χ1v) is 10.9. The van der Waals surface area contributed by atoms with Crippen LogP contribution in [0.3, 0.4) is 0 Å². The van der Waals surface area contributed by atoms with Gasteiger partial charge in [0.2, 0.25) is 5.91 Å². The Balaban J connectivity index is 2.00. The number of nitrogens with one attached hydrogen (secondary N) is 2. The normalized spacial score (nSPS) is 26.9.